The van der Waals surface area contributed by atoms with Crippen molar-refractivity contribution in [3.8, 4) is 11.5 Å². The van der Waals surface area contributed by atoms with Gasteiger partial charge in [0.2, 0.25) is 0 Å². The van der Waals surface area contributed by atoms with Crippen LogP contribution >= 0.6 is 0 Å². The smallest absolute Gasteiger partial charge is 0.412 e. The first-order chi connectivity index (χ1) is 16.4. The van der Waals surface area contributed by atoms with Crippen molar-refractivity contribution in [2.45, 2.75) is 32.6 Å². The fourth-order valence-corrected chi connectivity index (χ4v) is 3.53. The second kappa shape index (κ2) is 11.7. The fraction of sp³-hybridized carbons (Fsp3) is 0.320. The van der Waals surface area contributed by atoms with Crippen LogP contribution in [0.25, 0.3) is 0 Å². The molecular formula is C25H28N2O7. The molecular weight excluding hydrogens is 440 g/mol. The van der Waals surface area contributed by atoms with Gasteiger partial charge in [-0.1, -0.05) is 36.4 Å². The molecule has 1 heterocycles. The lowest BCUT2D eigenvalue weighted by molar-refractivity contribution is -0.148. The lowest BCUT2D eigenvalue weighted by Gasteiger charge is -2.26. The third-order valence-corrected chi connectivity index (χ3v) is 5.16. The summed E-state index contributed by atoms with van der Waals surface area (Å²) in [7, 11) is 3.08. The van der Waals surface area contributed by atoms with E-state index >= 15 is 0 Å². The summed E-state index contributed by atoms with van der Waals surface area (Å²) in [5.74, 6) is 0.279. The van der Waals surface area contributed by atoms with Gasteiger partial charge in [-0.25, -0.2) is 4.79 Å². The van der Waals surface area contributed by atoms with E-state index in [0.717, 1.165) is 11.1 Å². The van der Waals surface area contributed by atoms with Gasteiger partial charge in [-0.2, -0.15) is 0 Å². The van der Waals surface area contributed by atoms with E-state index in [1.165, 1.54) is 18.9 Å². The molecule has 1 atom stereocenters. The number of esters is 1. The largest absolute Gasteiger partial charge is 0.497 e. The number of ether oxygens (including phenoxy) is 4. The van der Waals surface area contributed by atoms with Crippen molar-refractivity contribution in [2.24, 2.45) is 0 Å². The molecule has 9 heteroatoms. The number of benzene rings is 2. The molecule has 180 valence electrons. The van der Waals surface area contributed by atoms with Crippen LogP contribution in [0.15, 0.2) is 60.3 Å². The zero-order valence-corrected chi connectivity index (χ0v) is 19.4. The summed E-state index contributed by atoms with van der Waals surface area (Å²) in [5, 5.41) is 2.53. The fourth-order valence-electron chi connectivity index (χ4n) is 3.53. The molecule has 34 heavy (non-hydrogen) atoms. The molecule has 2 amide bonds. The summed E-state index contributed by atoms with van der Waals surface area (Å²) in [4.78, 5) is 38.7. The third kappa shape index (κ3) is 6.74. The normalized spacial score (nSPS) is 15.6. The molecule has 0 saturated heterocycles. The van der Waals surface area contributed by atoms with E-state index in [2.05, 4.69) is 5.32 Å². The molecule has 0 spiro atoms. The van der Waals surface area contributed by atoms with Crippen LogP contribution in [0.1, 0.15) is 24.5 Å². The Morgan fingerprint density at radius 2 is 1.85 bits per heavy atom. The Morgan fingerprint density at radius 3 is 2.53 bits per heavy atom. The molecule has 9 nitrogen and oxygen atoms in total. The minimum absolute atomic E-state index is 0.0557. The number of methoxy groups -OCH3 is 2. The van der Waals surface area contributed by atoms with E-state index in [1.54, 1.807) is 31.4 Å². The van der Waals surface area contributed by atoms with E-state index in [1.807, 2.05) is 30.3 Å². The van der Waals surface area contributed by atoms with Gasteiger partial charge < -0.3 is 23.8 Å². The van der Waals surface area contributed by atoms with Crippen LogP contribution in [-0.2, 0) is 32.2 Å². The number of rotatable bonds is 8. The zero-order valence-electron chi connectivity index (χ0n) is 19.4. The zero-order chi connectivity index (χ0) is 24.5. The van der Waals surface area contributed by atoms with Crippen molar-refractivity contribution < 1.29 is 33.3 Å². The number of carbonyl (C=O) groups excluding carboxylic acids is 3. The number of carbonyl (C=O) groups is 3. The van der Waals surface area contributed by atoms with Gasteiger partial charge in [0.15, 0.2) is 0 Å². The molecule has 0 aliphatic carbocycles. The van der Waals surface area contributed by atoms with Gasteiger partial charge in [0.05, 0.1) is 20.8 Å². The Kier molecular flexibility index (Phi) is 8.50. The first-order valence-electron chi connectivity index (χ1n) is 10.7. The van der Waals surface area contributed by atoms with Crippen LogP contribution in [0, 0.1) is 0 Å². The topological polar surface area (TPSA) is 103 Å². The molecule has 1 aliphatic heterocycles. The van der Waals surface area contributed by atoms with Gasteiger partial charge in [-0.3, -0.25) is 14.9 Å². The molecule has 1 unspecified atom stereocenters. The second-order valence-electron chi connectivity index (χ2n) is 7.64. The second-order valence-corrected chi connectivity index (χ2v) is 7.64. The lowest BCUT2D eigenvalue weighted by Crippen LogP contribution is -2.40. The van der Waals surface area contributed by atoms with Crippen molar-refractivity contribution in [1.82, 2.24) is 10.2 Å². The summed E-state index contributed by atoms with van der Waals surface area (Å²) >= 11 is 0. The highest BCUT2D eigenvalue weighted by Gasteiger charge is 2.29. The minimum Gasteiger partial charge on any atom is -0.497 e. The Labute approximate surface area is 198 Å². The molecule has 1 aliphatic rings. The van der Waals surface area contributed by atoms with Gasteiger partial charge in [0, 0.05) is 31.5 Å². The molecule has 0 bridgehead atoms. The number of nitrogens with zero attached hydrogens (tertiary/aromatic N) is 1. The highest BCUT2D eigenvalue weighted by atomic mass is 16.6. The average molecular weight is 469 g/mol. The monoisotopic (exact) mass is 468 g/mol. The lowest BCUT2D eigenvalue weighted by atomic mass is 10.1. The number of hydrogen-bond donors (Lipinski definition) is 1. The van der Waals surface area contributed by atoms with E-state index in [0.29, 0.717) is 11.5 Å². The van der Waals surface area contributed by atoms with Crippen molar-refractivity contribution in [2.75, 3.05) is 20.8 Å². The van der Waals surface area contributed by atoms with Crippen molar-refractivity contribution >= 4 is 18.0 Å². The van der Waals surface area contributed by atoms with E-state index in [4.69, 9.17) is 18.9 Å². The first kappa shape index (κ1) is 24.6. The van der Waals surface area contributed by atoms with Crippen LogP contribution in [0.3, 0.4) is 0 Å². The Bertz CT molecular complexity index is 1050. The Balaban J connectivity index is 1.76. The molecule has 0 saturated carbocycles. The number of nitrogens with one attached hydrogen (secondary N) is 1. The van der Waals surface area contributed by atoms with Gasteiger partial charge in [0.1, 0.15) is 29.9 Å². The molecule has 2 aromatic rings. The maximum absolute atomic E-state index is 13.3. The summed E-state index contributed by atoms with van der Waals surface area (Å²) in [6.45, 7) is 1.69. The van der Waals surface area contributed by atoms with E-state index in [-0.39, 0.29) is 31.8 Å². The predicted molar refractivity (Wildman–Crippen MR) is 123 cm³/mol. The maximum Gasteiger partial charge on any atom is 0.412 e. The Morgan fingerprint density at radius 1 is 1.09 bits per heavy atom. The third-order valence-electron chi connectivity index (χ3n) is 5.16. The quantitative estimate of drug-likeness (QED) is 0.594. The minimum atomic E-state index is -0.753. The van der Waals surface area contributed by atoms with Crippen LogP contribution in [0.5, 0.6) is 11.5 Å². The number of amides is 2. The molecule has 0 aromatic heterocycles. The number of hydrogen-bond acceptors (Lipinski definition) is 7. The van der Waals surface area contributed by atoms with Crippen LogP contribution in [0.4, 0.5) is 4.79 Å². The average Bonchev–Trinajstić information content (AvgIpc) is 2.97. The van der Waals surface area contributed by atoms with E-state index < -0.39 is 24.1 Å². The van der Waals surface area contributed by atoms with Gasteiger partial charge in [-0.05, 0) is 17.7 Å². The predicted octanol–water partition coefficient (Wildman–Crippen LogP) is 3.18. The summed E-state index contributed by atoms with van der Waals surface area (Å²) < 4.78 is 21.3. The van der Waals surface area contributed by atoms with Gasteiger partial charge in [0.25, 0.3) is 5.91 Å². The van der Waals surface area contributed by atoms with Crippen molar-refractivity contribution in [3.63, 3.8) is 0 Å². The van der Waals surface area contributed by atoms with Crippen LogP contribution in [0.2, 0.25) is 0 Å². The Hall–Kier alpha value is -4.01. The van der Waals surface area contributed by atoms with Crippen LogP contribution < -0.4 is 14.8 Å². The molecule has 2 aromatic carbocycles. The van der Waals surface area contributed by atoms with E-state index in [9.17, 15) is 14.4 Å². The highest BCUT2D eigenvalue weighted by molar-refractivity contribution is 5.96. The summed E-state index contributed by atoms with van der Waals surface area (Å²) in [6.07, 6.45) is 0.489. The molecule has 0 radical (unpaired) electrons. The van der Waals surface area contributed by atoms with Crippen molar-refractivity contribution in [3.05, 3.63) is 71.4 Å². The molecule has 0 fully saturated rings. The first-order valence-corrected chi connectivity index (χ1v) is 10.7. The maximum atomic E-state index is 13.3. The van der Waals surface area contributed by atoms with Crippen molar-refractivity contribution in [1.29, 1.82) is 0 Å². The molecule has 1 N–H and O–H groups in total. The number of alkyl carbamates (subject to hydrolysis) is 1. The van der Waals surface area contributed by atoms with Gasteiger partial charge >= 0.3 is 12.1 Å². The summed E-state index contributed by atoms with van der Waals surface area (Å²) in [5.41, 5.74) is 1.60. The highest BCUT2D eigenvalue weighted by Crippen LogP contribution is 2.27. The summed E-state index contributed by atoms with van der Waals surface area (Å²) in [6, 6.07) is 14.5. The standard InChI is InChI=1S/C25H28N2O7/c1-17(28)34-21-11-12-22(26-25(30)33-16-18-7-5-4-6-8-18)24(29)27(15-21)14-19-9-10-20(31-2)13-23(19)32-3/h4-10,12-13,21H,11,14-16H2,1-3H3,(H,26,30). The van der Waals surface area contributed by atoms with Gasteiger partial charge in [-0.15, -0.1) is 0 Å². The van der Waals surface area contributed by atoms with Crippen LogP contribution in [-0.4, -0.2) is 49.7 Å². The molecule has 3 rings (SSSR count). The SMILES string of the molecule is COc1ccc(CN2CC(OC(C)=O)CC=C(NC(=O)OCc3ccccc3)C2=O)c(OC)c1.